The first kappa shape index (κ1) is 18.7. The molecule has 0 aliphatic carbocycles. The minimum Gasteiger partial charge on any atom is -0.468 e. The molecule has 3 rings (SSSR count). The highest BCUT2D eigenvalue weighted by molar-refractivity contribution is 7.92. The van der Waals surface area contributed by atoms with Gasteiger partial charge in [0.2, 0.25) is 0 Å². The van der Waals surface area contributed by atoms with Crippen molar-refractivity contribution >= 4 is 32.8 Å². The van der Waals surface area contributed by atoms with Gasteiger partial charge < -0.3 is 9.15 Å². The molecule has 1 heterocycles. The molecule has 0 fully saturated rings. The number of benzene rings is 2. The summed E-state index contributed by atoms with van der Waals surface area (Å²) >= 11 is 0. The lowest BCUT2D eigenvalue weighted by Gasteiger charge is -2.10. The van der Waals surface area contributed by atoms with Crippen molar-refractivity contribution in [1.29, 1.82) is 0 Å². The van der Waals surface area contributed by atoms with Gasteiger partial charge in [-0.15, -0.1) is 0 Å². The Morgan fingerprint density at radius 2 is 1.81 bits per heavy atom. The number of nitrogens with one attached hydrogen (secondary N) is 1. The Balaban J connectivity index is 1.99. The van der Waals surface area contributed by atoms with Gasteiger partial charge in [-0.3, -0.25) is 14.1 Å². The molecular formula is C18H18N2O6S. The molecule has 0 unspecified atom stereocenters. The number of anilines is 1. The normalized spacial score (nSPS) is 11.5. The highest BCUT2D eigenvalue weighted by Gasteiger charge is 2.19. The number of aromatic nitrogens is 1. The summed E-state index contributed by atoms with van der Waals surface area (Å²) < 4.78 is 38.6. The summed E-state index contributed by atoms with van der Waals surface area (Å²) in [6.45, 7) is 3.42. The van der Waals surface area contributed by atoms with E-state index in [0.717, 1.165) is 15.7 Å². The van der Waals surface area contributed by atoms with Crippen LogP contribution in [-0.2, 0) is 26.1 Å². The van der Waals surface area contributed by atoms with Crippen molar-refractivity contribution in [2.45, 2.75) is 25.3 Å². The van der Waals surface area contributed by atoms with Crippen molar-refractivity contribution < 1.29 is 22.4 Å². The molecule has 8 nitrogen and oxygen atoms in total. The van der Waals surface area contributed by atoms with Gasteiger partial charge in [0.1, 0.15) is 6.54 Å². The molecule has 0 amide bonds. The van der Waals surface area contributed by atoms with Crippen LogP contribution in [0, 0.1) is 13.8 Å². The molecule has 1 aromatic heterocycles. The van der Waals surface area contributed by atoms with Crippen LogP contribution in [0.2, 0.25) is 0 Å². The van der Waals surface area contributed by atoms with Gasteiger partial charge in [-0.1, -0.05) is 6.07 Å². The molecule has 142 valence electrons. The molecule has 0 bridgehead atoms. The molecule has 0 radical (unpaired) electrons. The number of rotatable bonds is 5. The van der Waals surface area contributed by atoms with E-state index >= 15 is 0 Å². The fraction of sp³-hybridized carbons (Fsp3) is 0.222. The van der Waals surface area contributed by atoms with Crippen LogP contribution in [0.25, 0.3) is 11.1 Å². The van der Waals surface area contributed by atoms with E-state index in [1.807, 2.05) is 19.9 Å². The summed E-state index contributed by atoms with van der Waals surface area (Å²) in [6, 6.07) is 9.37. The average molecular weight is 390 g/mol. The lowest BCUT2D eigenvalue weighted by atomic mass is 10.1. The Kier molecular flexibility index (Phi) is 4.79. The second-order valence-corrected chi connectivity index (χ2v) is 7.82. The van der Waals surface area contributed by atoms with E-state index < -0.39 is 21.7 Å². The second kappa shape index (κ2) is 6.92. The van der Waals surface area contributed by atoms with Crippen LogP contribution in [0.5, 0.6) is 0 Å². The summed E-state index contributed by atoms with van der Waals surface area (Å²) in [5, 5.41) is 0. The number of esters is 1. The lowest BCUT2D eigenvalue weighted by molar-refractivity contribution is -0.141. The highest BCUT2D eigenvalue weighted by Crippen LogP contribution is 2.22. The fourth-order valence-corrected chi connectivity index (χ4v) is 3.86. The first-order valence-corrected chi connectivity index (χ1v) is 9.49. The molecule has 1 N–H and O–H groups in total. The molecule has 9 heteroatoms. The zero-order valence-corrected chi connectivity index (χ0v) is 15.8. The quantitative estimate of drug-likeness (QED) is 0.669. The number of sulfonamides is 1. The topological polar surface area (TPSA) is 108 Å². The van der Waals surface area contributed by atoms with Crippen molar-refractivity contribution in [3.63, 3.8) is 0 Å². The number of nitrogens with zero attached hydrogens (tertiary/aromatic N) is 1. The first-order chi connectivity index (χ1) is 12.7. The molecular weight excluding hydrogens is 372 g/mol. The van der Waals surface area contributed by atoms with Gasteiger partial charge in [-0.25, -0.2) is 13.2 Å². The van der Waals surface area contributed by atoms with Gasteiger partial charge in [-0.2, -0.15) is 0 Å². The van der Waals surface area contributed by atoms with Crippen molar-refractivity contribution in [3.8, 4) is 0 Å². The second-order valence-electron chi connectivity index (χ2n) is 6.14. The summed E-state index contributed by atoms with van der Waals surface area (Å²) in [7, 11) is -2.68. The van der Waals surface area contributed by atoms with E-state index in [9.17, 15) is 18.0 Å². The first-order valence-electron chi connectivity index (χ1n) is 8.01. The maximum Gasteiger partial charge on any atom is 0.420 e. The van der Waals surface area contributed by atoms with Crippen LogP contribution in [0.15, 0.2) is 50.5 Å². The monoisotopic (exact) mass is 390 g/mol. The van der Waals surface area contributed by atoms with Crippen LogP contribution in [0.3, 0.4) is 0 Å². The largest absolute Gasteiger partial charge is 0.468 e. The van der Waals surface area contributed by atoms with E-state index in [2.05, 4.69) is 9.46 Å². The Morgan fingerprint density at radius 1 is 1.15 bits per heavy atom. The number of hydrogen-bond donors (Lipinski definition) is 1. The third-order valence-corrected chi connectivity index (χ3v) is 5.32. The lowest BCUT2D eigenvalue weighted by Crippen LogP contribution is -2.20. The molecule has 0 aliphatic heterocycles. The van der Waals surface area contributed by atoms with E-state index in [4.69, 9.17) is 4.42 Å². The highest BCUT2D eigenvalue weighted by atomic mass is 32.2. The summed E-state index contributed by atoms with van der Waals surface area (Å²) in [6.07, 6.45) is 0. The summed E-state index contributed by atoms with van der Waals surface area (Å²) in [5.41, 5.74) is 2.66. The maximum absolute atomic E-state index is 12.7. The molecule has 0 spiro atoms. The van der Waals surface area contributed by atoms with Gasteiger partial charge in [0.15, 0.2) is 5.58 Å². The molecule has 0 atom stereocenters. The van der Waals surface area contributed by atoms with Crippen LogP contribution in [0.1, 0.15) is 11.1 Å². The van der Waals surface area contributed by atoms with Crippen molar-refractivity contribution in [1.82, 2.24) is 4.57 Å². The minimum absolute atomic E-state index is 0.0619. The van der Waals surface area contributed by atoms with E-state index in [-0.39, 0.29) is 17.0 Å². The van der Waals surface area contributed by atoms with Crippen LogP contribution in [-0.4, -0.2) is 26.1 Å². The standard InChI is InChI=1S/C18H18N2O6S/c1-11-6-12(2)8-13(7-11)19-27(23,24)14-4-5-15-16(9-14)26-18(22)20(15)10-17(21)25-3/h4-9,19H,10H2,1-3H3. The zero-order chi connectivity index (χ0) is 19.8. The molecule has 2 aromatic carbocycles. The predicted octanol–water partition coefficient (Wildman–Crippen LogP) is 2.19. The Labute approximate surface area is 155 Å². The fourth-order valence-electron chi connectivity index (χ4n) is 2.80. The van der Waals surface area contributed by atoms with Crippen molar-refractivity contribution in [2.75, 3.05) is 11.8 Å². The summed E-state index contributed by atoms with van der Waals surface area (Å²) in [5.74, 6) is -1.39. The number of carbonyl (C=O) groups excluding carboxylic acids is 1. The minimum atomic E-state index is -3.88. The third-order valence-electron chi connectivity index (χ3n) is 3.94. The summed E-state index contributed by atoms with van der Waals surface area (Å²) in [4.78, 5) is 23.3. The molecule has 27 heavy (non-hydrogen) atoms. The van der Waals surface area contributed by atoms with Gasteiger partial charge >= 0.3 is 11.7 Å². The van der Waals surface area contributed by atoms with Gasteiger partial charge in [0.05, 0.1) is 17.5 Å². The number of hydrogen-bond acceptors (Lipinski definition) is 6. The van der Waals surface area contributed by atoms with Crippen LogP contribution >= 0.6 is 0 Å². The van der Waals surface area contributed by atoms with Gasteiger partial charge in [0, 0.05) is 11.8 Å². The molecule has 0 saturated carbocycles. The van der Waals surface area contributed by atoms with Gasteiger partial charge in [0.25, 0.3) is 10.0 Å². The number of carbonyl (C=O) groups is 1. The number of aryl methyl sites for hydroxylation is 2. The average Bonchev–Trinajstić information content (AvgIpc) is 2.88. The van der Waals surface area contributed by atoms with E-state index in [1.165, 1.54) is 25.3 Å². The SMILES string of the molecule is COC(=O)Cn1c(=O)oc2cc(S(=O)(=O)Nc3cc(C)cc(C)c3)ccc21. The number of fused-ring (bicyclic) bond motifs is 1. The third kappa shape index (κ3) is 3.87. The van der Waals surface area contributed by atoms with E-state index in [0.29, 0.717) is 11.2 Å². The number of methoxy groups -OCH3 is 1. The Hall–Kier alpha value is -3.07. The van der Waals surface area contributed by atoms with Gasteiger partial charge in [-0.05, 0) is 49.2 Å². The van der Waals surface area contributed by atoms with Crippen LogP contribution < -0.4 is 10.5 Å². The van der Waals surface area contributed by atoms with E-state index in [1.54, 1.807) is 12.1 Å². The molecule has 0 aliphatic rings. The Morgan fingerprint density at radius 3 is 2.44 bits per heavy atom. The predicted molar refractivity (Wildman–Crippen MR) is 99.2 cm³/mol. The van der Waals surface area contributed by atoms with Crippen LogP contribution in [0.4, 0.5) is 5.69 Å². The smallest absolute Gasteiger partial charge is 0.420 e. The Bertz CT molecular complexity index is 1170. The zero-order valence-electron chi connectivity index (χ0n) is 15.0. The van der Waals surface area contributed by atoms with Crippen molar-refractivity contribution in [3.05, 3.63) is 58.1 Å². The number of ether oxygens (including phenoxy) is 1. The van der Waals surface area contributed by atoms with Crippen molar-refractivity contribution in [2.24, 2.45) is 0 Å². The maximum atomic E-state index is 12.7. The number of oxazole rings is 1. The molecule has 3 aromatic rings. The molecule has 0 saturated heterocycles.